The van der Waals surface area contributed by atoms with Gasteiger partial charge in [0.05, 0.1) is 11.1 Å². The van der Waals surface area contributed by atoms with Crippen LogP contribution in [-0.4, -0.2) is 26.9 Å². The van der Waals surface area contributed by atoms with Crippen molar-refractivity contribution >= 4 is 23.4 Å². The summed E-state index contributed by atoms with van der Waals surface area (Å²) in [7, 11) is 0. The number of hydrogen-bond donors (Lipinski definition) is 3. The molecule has 188 valence electrons. The third kappa shape index (κ3) is 7.03. The summed E-state index contributed by atoms with van der Waals surface area (Å²) in [5, 5.41) is 6.09. The van der Waals surface area contributed by atoms with Crippen molar-refractivity contribution in [3.05, 3.63) is 83.3 Å². The Morgan fingerprint density at radius 3 is 2.47 bits per heavy atom. The van der Waals surface area contributed by atoms with Crippen LogP contribution in [0.5, 0.6) is 0 Å². The van der Waals surface area contributed by atoms with Crippen LogP contribution in [-0.2, 0) is 12.6 Å². The second-order valence-corrected chi connectivity index (χ2v) is 8.73. The third-order valence-corrected chi connectivity index (χ3v) is 6.05. The molecular weight excluding hydrogens is 469 g/mol. The Morgan fingerprint density at radius 2 is 1.81 bits per heavy atom. The van der Waals surface area contributed by atoms with Gasteiger partial charge in [0.25, 0.3) is 5.91 Å². The van der Waals surface area contributed by atoms with Crippen molar-refractivity contribution in [2.75, 3.05) is 11.1 Å². The smallest absolute Gasteiger partial charge is 0.368 e. The number of benzene rings is 1. The Hall–Kier alpha value is -3.95. The number of pyridine rings is 1. The van der Waals surface area contributed by atoms with Crippen molar-refractivity contribution in [1.29, 1.82) is 0 Å². The summed E-state index contributed by atoms with van der Waals surface area (Å²) in [5.41, 5.74) is 8.37. The molecule has 2 aromatic heterocycles. The largest absolute Gasteiger partial charge is 0.417 e. The fourth-order valence-electron chi connectivity index (χ4n) is 4.09. The van der Waals surface area contributed by atoms with Gasteiger partial charge in [0.15, 0.2) is 0 Å². The van der Waals surface area contributed by atoms with Gasteiger partial charge in [-0.05, 0) is 68.4 Å². The molecule has 0 aliphatic heterocycles. The lowest BCUT2D eigenvalue weighted by Crippen LogP contribution is -2.36. The van der Waals surface area contributed by atoms with E-state index in [1.54, 1.807) is 0 Å². The monoisotopic (exact) mass is 496 g/mol. The number of alkyl halides is 3. The molecular formula is C26H27F3N6O. The number of carbonyl (C=O) groups is 1. The molecule has 1 aromatic carbocycles. The molecule has 1 amide bonds. The zero-order valence-electron chi connectivity index (χ0n) is 19.6. The Morgan fingerprint density at radius 1 is 1.06 bits per heavy atom. The molecule has 36 heavy (non-hydrogen) atoms. The van der Waals surface area contributed by atoms with Gasteiger partial charge in [-0.1, -0.05) is 23.8 Å². The number of aromatic nitrogens is 3. The molecule has 1 aliphatic carbocycles. The van der Waals surface area contributed by atoms with E-state index in [9.17, 15) is 18.0 Å². The number of allylic oxidation sites excluding steroid dienone is 2. The van der Waals surface area contributed by atoms with Crippen molar-refractivity contribution in [3.63, 3.8) is 0 Å². The second-order valence-electron chi connectivity index (χ2n) is 8.73. The van der Waals surface area contributed by atoms with Crippen molar-refractivity contribution in [2.24, 2.45) is 0 Å². The van der Waals surface area contributed by atoms with Crippen LogP contribution in [0.15, 0.2) is 66.6 Å². The maximum Gasteiger partial charge on any atom is 0.417 e. The lowest BCUT2D eigenvalue weighted by atomic mass is 9.89. The standard InChI is InChI=1S/C26H27F3N6O/c27-26(28,29)20-9-12-23(31-16-20)34-22-6-2-5-18(13-22)4-1-3-17-7-10-21(11-8-17)35-24(36)19-14-32-25(30)33-15-19/h2-3,5-6,9,12-16,21H,1,4,7-8,10-11H2,(H,31,34)(H,35,36)(H2,30,32,33). The number of nitrogens with two attached hydrogens (primary N) is 1. The highest BCUT2D eigenvalue weighted by atomic mass is 19.4. The van der Waals surface area contributed by atoms with Crippen molar-refractivity contribution < 1.29 is 18.0 Å². The highest BCUT2D eigenvalue weighted by molar-refractivity contribution is 5.93. The van der Waals surface area contributed by atoms with Crippen LogP contribution in [0, 0.1) is 0 Å². The number of anilines is 3. The Balaban J connectivity index is 1.23. The molecule has 3 aromatic rings. The molecule has 0 radical (unpaired) electrons. The first-order valence-corrected chi connectivity index (χ1v) is 11.7. The number of halogens is 3. The number of nitrogens with zero attached hydrogens (tertiary/aromatic N) is 3. The average Bonchev–Trinajstić information content (AvgIpc) is 2.85. The first-order valence-electron chi connectivity index (χ1n) is 11.7. The normalized spacial score (nSPS) is 15.9. The molecule has 0 spiro atoms. The number of aryl methyl sites for hydroxylation is 1. The third-order valence-electron chi connectivity index (χ3n) is 6.05. The van der Waals surface area contributed by atoms with E-state index in [4.69, 9.17) is 5.73 Å². The Bertz CT molecular complexity index is 1200. The van der Waals surface area contributed by atoms with E-state index in [0.717, 1.165) is 62.0 Å². The van der Waals surface area contributed by atoms with E-state index in [1.165, 1.54) is 24.0 Å². The molecule has 0 atom stereocenters. The first kappa shape index (κ1) is 25.2. The SMILES string of the molecule is Nc1ncc(C(=O)NC2CCC(=CCCc3cccc(Nc4ccc(C(F)(F)F)cn4)c3)CC2)cn1. The van der Waals surface area contributed by atoms with Gasteiger partial charge in [-0.3, -0.25) is 4.79 Å². The van der Waals surface area contributed by atoms with Crippen LogP contribution >= 0.6 is 0 Å². The summed E-state index contributed by atoms with van der Waals surface area (Å²) in [6.45, 7) is 0. The lowest BCUT2D eigenvalue weighted by Gasteiger charge is -2.25. The Labute approximate surface area is 207 Å². The second kappa shape index (κ2) is 11.2. The molecule has 4 N–H and O–H groups in total. The molecule has 4 rings (SSSR count). The van der Waals surface area contributed by atoms with Crippen molar-refractivity contribution in [3.8, 4) is 0 Å². The van der Waals surface area contributed by atoms with Gasteiger partial charge in [0.2, 0.25) is 5.95 Å². The van der Waals surface area contributed by atoms with E-state index in [-0.39, 0.29) is 17.9 Å². The summed E-state index contributed by atoms with van der Waals surface area (Å²) in [5.74, 6) is 0.306. The van der Waals surface area contributed by atoms with Gasteiger partial charge >= 0.3 is 6.18 Å². The van der Waals surface area contributed by atoms with Crippen LogP contribution in [0.25, 0.3) is 0 Å². The number of amides is 1. The van der Waals surface area contributed by atoms with Crippen molar-refractivity contribution in [2.45, 2.75) is 50.7 Å². The fraction of sp³-hybridized carbons (Fsp3) is 0.308. The van der Waals surface area contributed by atoms with Crippen LogP contribution in [0.2, 0.25) is 0 Å². The molecule has 10 heteroatoms. The van der Waals surface area contributed by atoms with E-state index >= 15 is 0 Å². The van der Waals surface area contributed by atoms with Gasteiger partial charge in [-0.25, -0.2) is 15.0 Å². The molecule has 0 saturated heterocycles. The van der Waals surface area contributed by atoms with E-state index < -0.39 is 11.7 Å². The minimum Gasteiger partial charge on any atom is -0.368 e. The molecule has 2 heterocycles. The topological polar surface area (TPSA) is 106 Å². The van der Waals surface area contributed by atoms with Crippen LogP contribution in [0.4, 0.5) is 30.6 Å². The van der Waals surface area contributed by atoms with Crippen LogP contribution < -0.4 is 16.4 Å². The number of nitrogen functional groups attached to an aromatic ring is 1. The molecule has 1 aliphatic rings. The summed E-state index contributed by atoms with van der Waals surface area (Å²) in [4.78, 5) is 23.9. The summed E-state index contributed by atoms with van der Waals surface area (Å²) >= 11 is 0. The van der Waals surface area contributed by atoms with Gasteiger partial charge in [0.1, 0.15) is 5.82 Å². The lowest BCUT2D eigenvalue weighted by molar-refractivity contribution is -0.137. The number of carbonyl (C=O) groups excluding carboxylic acids is 1. The summed E-state index contributed by atoms with van der Waals surface area (Å²) in [6, 6.07) is 10.2. The van der Waals surface area contributed by atoms with E-state index in [0.29, 0.717) is 11.4 Å². The van der Waals surface area contributed by atoms with Crippen LogP contribution in [0.3, 0.4) is 0 Å². The van der Waals surface area contributed by atoms with Gasteiger partial charge < -0.3 is 16.4 Å². The number of nitrogens with one attached hydrogen (secondary N) is 2. The predicted octanol–water partition coefficient (Wildman–Crippen LogP) is 5.45. The summed E-state index contributed by atoms with van der Waals surface area (Å²) < 4.78 is 38.1. The number of rotatable bonds is 7. The van der Waals surface area contributed by atoms with Crippen LogP contribution in [0.1, 0.15) is 53.6 Å². The van der Waals surface area contributed by atoms with Gasteiger partial charge in [0, 0.05) is 30.3 Å². The van der Waals surface area contributed by atoms with E-state index in [1.807, 2.05) is 24.3 Å². The minimum atomic E-state index is -4.40. The van der Waals surface area contributed by atoms with E-state index in [2.05, 4.69) is 31.7 Å². The molecule has 1 saturated carbocycles. The maximum absolute atomic E-state index is 12.7. The zero-order valence-corrected chi connectivity index (χ0v) is 19.6. The minimum absolute atomic E-state index is 0.119. The average molecular weight is 497 g/mol. The number of hydrogen-bond acceptors (Lipinski definition) is 6. The van der Waals surface area contributed by atoms with Gasteiger partial charge in [-0.15, -0.1) is 0 Å². The molecule has 0 unspecified atom stereocenters. The first-order chi connectivity index (χ1) is 17.3. The highest BCUT2D eigenvalue weighted by Gasteiger charge is 2.30. The highest BCUT2D eigenvalue weighted by Crippen LogP contribution is 2.29. The fourth-order valence-corrected chi connectivity index (χ4v) is 4.09. The zero-order chi connectivity index (χ0) is 25.5. The summed E-state index contributed by atoms with van der Waals surface area (Å²) in [6.07, 6.45) is 6.91. The predicted molar refractivity (Wildman–Crippen MR) is 132 cm³/mol. The quantitative estimate of drug-likeness (QED) is 0.376. The Kier molecular flexibility index (Phi) is 7.82. The molecule has 1 fully saturated rings. The van der Waals surface area contributed by atoms with Gasteiger partial charge in [-0.2, -0.15) is 13.2 Å². The maximum atomic E-state index is 12.7. The molecule has 7 nitrogen and oxygen atoms in total. The molecule has 0 bridgehead atoms. The van der Waals surface area contributed by atoms with Crippen molar-refractivity contribution in [1.82, 2.24) is 20.3 Å².